The first kappa shape index (κ1) is 27.3. The number of carboxylic acid groups (broad SMARTS) is 1. The molecule has 0 radical (unpaired) electrons. The zero-order chi connectivity index (χ0) is 27.0. The number of anilines is 1. The molecule has 0 saturated carbocycles. The van der Waals surface area contributed by atoms with E-state index in [1.807, 2.05) is 0 Å². The summed E-state index contributed by atoms with van der Waals surface area (Å²) in [5.74, 6) is -1.35. The van der Waals surface area contributed by atoms with E-state index in [4.69, 9.17) is 28.9 Å². The van der Waals surface area contributed by atoms with E-state index in [9.17, 15) is 19.5 Å². The number of amides is 2. The molecule has 2 atom stereocenters. The maximum atomic E-state index is 12.9. The largest absolute Gasteiger partial charge is 0.477 e. The van der Waals surface area contributed by atoms with E-state index in [1.165, 1.54) is 51.9 Å². The molecule has 1 saturated heterocycles. The minimum atomic E-state index is -1.20. The summed E-state index contributed by atoms with van der Waals surface area (Å²) in [4.78, 5) is 48.6. The van der Waals surface area contributed by atoms with Crippen LogP contribution >= 0.6 is 70.2 Å². The first-order chi connectivity index (χ1) is 18.2. The van der Waals surface area contributed by atoms with Crippen molar-refractivity contribution >= 4 is 105 Å². The number of β-lactam (4-membered cyclic amide) rings is 1. The zero-order valence-electron chi connectivity index (χ0n) is 19.0. The van der Waals surface area contributed by atoms with Crippen molar-refractivity contribution in [2.75, 3.05) is 22.3 Å². The Labute approximate surface area is 242 Å². The molecule has 0 unspecified atom stereocenters. The summed E-state index contributed by atoms with van der Waals surface area (Å²) in [5, 5.41) is 20.5. The number of hydrogen-bond donors (Lipinski definition) is 4. The fraction of sp³-hybridized carbons (Fsp3) is 0.238. The van der Waals surface area contributed by atoms with Crippen LogP contribution in [0.3, 0.4) is 0 Å². The molecule has 5 N–H and O–H groups in total. The molecule has 4 heterocycles. The van der Waals surface area contributed by atoms with Crippen LogP contribution in [-0.4, -0.2) is 76.0 Å². The maximum Gasteiger partial charge on any atom is 0.353 e. The standard InChI is InChI=1S/C21H17Cl2N7O4S4/c22-8-1-2-9(23)11(3-8)35-6-13(31)27-15-18(32)30-16(20(33)34)12(5-36-19(15)30)37-7-38-21-26-10-4-25-29-14(10)17(24)28-21/h1-4,15,19H,5-7H2,(H,25,29)(H,27,31)(H,33,34)(H2,24,26,28)/t15-,19-/m1/s1. The lowest BCUT2D eigenvalue weighted by Gasteiger charge is -2.49. The van der Waals surface area contributed by atoms with E-state index in [2.05, 4.69) is 25.5 Å². The zero-order valence-corrected chi connectivity index (χ0v) is 23.8. The predicted octanol–water partition coefficient (Wildman–Crippen LogP) is 3.51. The molecule has 3 aromatic rings. The van der Waals surface area contributed by atoms with Crippen molar-refractivity contribution in [3.8, 4) is 0 Å². The Hall–Kier alpha value is -2.30. The van der Waals surface area contributed by atoms with Crippen molar-refractivity contribution in [1.29, 1.82) is 0 Å². The van der Waals surface area contributed by atoms with Crippen LogP contribution in [0.15, 0.2) is 45.1 Å². The summed E-state index contributed by atoms with van der Waals surface area (Å²) in [7, 11) is 0. The molecule has 2 aromatic heterocycles. The number of aromatic nitrogens is 4. The molecule has 0 spiro atoms. The number of aliphatic carboxylic acids is 1. The van der Waals surface area contributed by atoms with Crippen LogP contribution in [0.1, 0.15) is 0 Å². The highest BCUT2D eigenvalue weighted by Crippen LogP contribution is 2.44. The number of nitrogens with two attached hydrogens (primary N) is 1. The second-order valence-corrected chi connectivity index (χ2v) is 13.2. The molecule has 38 heavy (non-hydrogen) atoms. The molecule has 0 bridgehead atoms. The van der Waals surface area contributed by atoms with Crippen LogP contribution in [0.25, 0.3) is 11.0 Å². The number of carboxylic acids is 1. The van der Waals surface area contributed by atoms with E-state index < -0.39 is 23.3 Å². The Bertz CT molecular complexity index is 1490. The third kappa shape index (κ3) is 5.53. The Morgan fingerprint density at radius 1 is 1.26 bits per heavy atom. The molecule has 0 aliphatic carbocycles. The SMILES string of the molecule is Nc1nc(SCSC2=C(C(=O)O)N3C(=O)[C@@H](NC(=O)CSc4cc(Cl)ccc4Cl)[C@H]3SC2)nc2cn[nH]c12. The molecule has 1 aromatic carbocycles. The summed E-state index contributed by atoms with van der Waals surface area (Å²) >= 11 is 17.3. The molecule has 5 rings (SSSR count). The van der Waals surface area contributed by atoms with Gasteiger partial charge in [-0.3, -0.25) is 19.6 Å². The summed E-state index contributed by atoms with van der Waals surface area (Å²) in [6.07, 6.45) is 1.54. The second-order valence-electron chi connectivity index (χ2n) is 7.82. The Morgan fingerprint density at radius 2 is 2.08 bits per heavy atom. The van der Waals surface area contributed by atoms with E-state index in [1.54, 1.807) is 24.4 Å². The van der Waals surface area contributed by atoms with Gasteiger partial charge in [0.05, 0.1) is 22.1 Å². The third-order valence-electron chi connectivity index (χ3n) is 5.43. The van der Waals surface area contributed by atoms with Gasteiger partial charge in [-0.2, -0.15) is 5.10 Å². The lowest BCUT2D eigenvalue weighted by Crippen LogP contribution is -2.70. The smallest absolute Gasteiger partial charge is 0.353 e. The van der Waals surface area contributed by atoms with Crippen LogP contribution in [-0.2, 0) is 14.4 Å². The van der Waals surface area contributed by atoms with Crippen LogP contribution in [0.2, 0.25) is 10.0 Å². The van der Waals surface area contributed by atoms with Crippen molar-refractivity contribution in [2.24, 2.45) is 0 Å². The molecule has 2 aliphatic rings. The van der Waals surface area contributed by atoms with Gasteiger partial charge in [0.25, 0.3) is 5.91 Å². The number of fused-ring (bicyclic) bond motifs is 2. The van der Waals surface area contributed by atoms with Crippen LogP contribution in [0, 0.1) is 0 Å². The first-order valence-corrected chi connectivity index (χ1v) is 15.5. The van der Waals surface area contributed by atoms with E-state index in [0.29, 0.717) is 46.9 Å². The van der Waals surface area contributed by atoms with Gasteiger partial charge in [0.1, 0.15) is 28.1 Å². The third-order valence-corrected chi connectivity index (χ3v) is 10.7. The van der Waals surface area contributed by atoms with Gasteiger partial charge in [0.2, 0.25) is 5.91 Å². The normalized spacial score (nSPS) is 18.9. The van der Waals surface area contributed by atoms with Gasteiger partial charge in [-0.1, -0.05) is 35.0 Å². The monoisotopic (exact) mass is 629 g/mol. The number of rotatable bonds is 9. The fourth-order valence-corrected chi connectivity index (χ4v) is 8.62. The van der Waals surface area contributed by atoms with Gasteiger partial charge in [0.15, 0.2) is 11.0 Å². The number of aromatic amines is 1. The van der Waals surface area contributed by atoms with Gasteiger partial charge in [-0.05, 0) is 18.2 Å². The average molecular weight is 631 g/mol. The molecular weight excluding hydrogens is 613 g/mol. The lowest BCUT2D eigenvalue weighted by atomic mass is 10.1. The molecule has 11 nitrogen and oxygen atoms in total. The van der Waals surface area contributed by atoms with Gasteiger partial charge in [-0.25, -0.2) is 14.8 Å². The number of H-pyrrole nitrogens is 1. The number of nitrogens with one attached hydrogen (secondary N) is 2. The van der Waals surface area contributed by atoms with Gasteiger partial charge >= 0.3 is 5.97 Å². The van der Waals surface area contributed by atoms with Crippen molar-refractivity contribution in [3.05, 3.63) is 45.0 Å². The summed E-state index contributed by atoms with van der Waals surface area (Å²) in [6, 6.07) is 4.15. The summed E-state index contributed by atoms with van der Waals surface area (Å²) < 4.78 is 0. The van der Waals surface area contributed by atoms with Crippen molar-refractivity contribution in [3.63, 3.8) is 0 Å². The quantitative estimate of drug-likeness (QED) is 0.118. The van der Waals surface area contributed by atoms with E-state index >= 15 is 0 Å². The van der Waals surface area contributed by atoms with E-state index in [-0.39, 0.29) is 23.2 Å². The van der Waals surface area contributed by atoms with Crippen molar-refractivity contribution in [1.82, 2.24) is 30.4 Å². The summed E-state index contributed by atoms with van der Waals surface area (Å²) in [6.45, 7) is 0. The summed E-state index contributed by atoms with van der Waals surface area (Å²) in [5.41, 5.74) is 6.99. The molecule has 1 fully saturated rings. The molecule has 17 heteroatoms. The molecule has 2 aliphatic heterocycles. The van der Waals surface area contributed by atoms with Crippen molar-refractivity contribution < 1.29 is 19.5 Å². The fourth-order valence-electron chi connectivity index (χ4n) is 3.71. The van der Waals surface area contributed by atoms with Crippen molar-refractivity contribution in [2.45, 2.75) is 21.5 Å². The minimum absolute atomic E-state index is 0.0262. The van der Waals surface area contributed by atoms with Gasteiger partial charge < -0.3 is 16.2 Å². The number of benzene rings is 1. The van der Waals surface area contributed by atoms with Crippen LogP contribution in [0.5, 0.6) is 0 Å². The van der Waals surface area contributed by atoms with E-state index in [0.717, 1.165) is 0 Å². The minimum Gasteiger partial charge on any atom is -0.477 e. The number of halogens is 2. The molecular formula is C21H17Cl2N7O4S4. The van der Waals surface area contributed by atoms with Gasteiger partial charge in [-0.15, -0.1) is 35.3 Å². The van der Waals surface area contributed by atoms with Crippen LogP contribution < -0.4 is 11.1 Å². The highest BCUT2D eigenvalue weighted by atomic mass is 35.5. The number of nitrogens with zero attached hydrogens (tertiary/aromatic N) is 4. The predicted molar refractivity (Wildman–Crippen MR) is 151 cm³/mol. The Kier molecular flexibility index (Phi) is 8.21. The molecule has 198 valence electrons. The number of carbonyl (C=O) groups is 3. The maximum absolute atomic E-state index is 12.9. The number of carbonyl (C=O) groups excluding carboxylic acids is 2. The first-order valence-electron chi connectivity index (χ1n) is 10.7. The molecule has 2 amide bonds. The Morgan fingerprint density at radius 3 is 2.87 bits per heavy atom. The van der Waals surface area contributed by atoms with Gasteiger partial charge in [0, 0.05) is 20.6 Å². The highest BCUT2D eigenvalue weighted by Gasteiger charge is 2.54. The number of nitrogen functional groups attached to an aromatic ring is 1. The highest BCUT2D eigenvalue weighted by molar-refractivity contribution is 8.18. The van der Waals surface area contributed by atoms with Crippen LogP contribution in [0.4, 0.5) is 5.82 Å². The topological polar surface area (TPSA) is 167 Å². The number of thioether (sulfide) groups is 4. The average Bonchev–Trinajstić information content (AvgIpc) is 3.36. The Balaban J connectivity index is 1.20. The number of hydrogen-bond acceptors (Lipinski definition) is 11. The lowest BCUT2D eigenvalue weighted by molar-refractivity contribution is -0.150. The second kappa shape index (κ2) is 11.4.